The highest BCUT2D eigenvalue weighted by atomic mass is 28.3. The third-order valence-electron chi connectivity index (χ3n) is 15.6. The summed E-state index contributed by atoms with van der Waals surface area (Å²) in [5, 5.41) is 13.0. The van der Waals surface area contributed by atoms with Crippen LogP contribution in [0.25, 0.3) is 98.4 Å². The molecule has 0 saturated carbocycles. The fraction of sp³-hybridized carbons (Fsp3) is 0.0857. The lowest BCUT2D eigenvalue weighted by Gasteiger charge is -2.31. The van der Waals surface area contributed by atoms with E-state index in [1.54, 1.807) is 0 Å². The van der Waals surface area contributed by atoms with Crippen molar-refractivity contribution in [2.24, 2.45) is 0 Å². The molecule has 0 radical (unpaired) electrons. The van der Waals surface area contributed by atoms with E-state index in [4.69, 9.17) is 8.83 Å². The Bertz CT molecular complexity index is 4530. The van der Waals surface area contributed by atoms with E-state index in [9.17, 15) is 0 Å². The number of hydrogen-bond donors (Lipinski definition) is 0. The Morgan fingerprint density at radius 1 is 0.342 bits per heavy atom. The number of rotatable bonds is 11. The molecule has 0 aliphatic carbocycles. The molecule has 0 atom stereocenters. The molecule has 2 heterocycles. The molecule has 0 bridgehead atoms. The van der Waals surface area contributed by atoms with Crippen molar-refractivity contribution < 1.29 is 8.83 Å². The number of furan rings is 2. The van der Waals surface area contributed by atoms with Crippen LogP contribution in [0.5, 0.6) is 0 Å². The monoisotopic (exact) mass is 1010 g/mol. The molecular weight excluding hydrogens is 957 g/mol. The van der Waals surface area contributed by atoms with Gasteiger partial charge in [-0.1, -0.05) is 227 Å². The van der Waals surface area contributed by atoms with E-state index in [1.807, 2.05) is 0 Å². The lowest BCUT2D eigenvalue weighted by atomic mass is 9.91. The maximum Gasteiger partial charge on any atom is 0.159 e. The molecule has 2 aromatic heterocycles. The molecule has 0 fully saturated rings. The van der Waals surface area contributed by atoms with Gasteiger partial charge in [0.15, 0.2) is 11.2 Å². The van der Waals surface area contributed by atoms with Crippen LogP contribution in [0.4, 0.5) is 34.1 Å². The second-order valence-corrected chi connectivity index (χ2v) is 30.1. The first-order chi connectivity index (χ1) is 37.2. The quantitative estimate of drug-likeness (QED) is 0.0955. The predicted molar refractivity (Wildman–Crippen MR) is 331 cm³/mol. The van der Waals surface area contributed by atoms with E-state index < -0.39 is 16.9 Å². The molecular formula is C70H56N2O2Si2. The molecule has 14 aromatic rings. The van der Waals surface area contributed by atoms with E-state index in [0.717, 1.165) is 117 Å². The number of para-hydroxylation sites is 6. The molecule has 12 aromatic carbocycles. The second kappa shape index (κ2) is 18.0. The second-order valence-electron chi connectivity index (χ2n) is 21.9. The minimum atomic E-state index is -1.78. The van der Waals surface area contributed by atoms with E-state index in [0.29, 0.717) is 0 Å². The van der Waals surface area contributed by atoms with Gasteiger partial charge in [-0.05, 0) is 85.9 Å². The van der Waals surface area contributed by atoms with Gasteiger partial charge in [0, 0.05) is 52.2 Å². The SMILES string of the molecule is C[SiH](C)Cc1cccc2c1oc1c(N(c3ccccc3-c3ccccc3)c3ccc4ccc5c(N(c6ccccc6-c6ccccc6)c6cccc7c6oc6c([Si](C)(C)C)cccc67)ccc6ccc3c4c65)cccc12. The first kappa shape index (κ1) is 45.9. The van der Waals surface area contributed by atoms with Gasteiger partial charge in [-0.15, -0.1) is 0 Å². The summed E-state index contributed by atoms with van der Waals surface area (Å²) >= 11 is 0. The van der Waals surface area contributed by atoms with Crippen molar-refractivity contribution in [1.29, 1.82) is 0 Å². The number of fused-ring (bicyclic) bond motifs is 6. The number of benzene rings is 12. The Morgan fingerprint density at radius 2 is 0.750 bits per heavy atom. The summed E-state index contributed by atoms with van der Waals surface area (Å²) in [6, 6.07) is 85.6. The maximum absolute atomic E-state index is 7.26. The number of anilines is 6. The Labute approximate surface area is 445 Å². The van der Waals surface area contributed by atoms with Crippen molar-refractivity contribution in [1.82, 2.24) is 0 Å². The predicted octanol–water partition coefficient (Wildman–Crippen LogP) is 19.8. The normalized spacial score (nSPS) is 12.2. The Morgan fingerprint density at radius 3 is 1.25 bits per heavy atom. The standard InChI is InChI=1S/C70H56N2O2Si2/c1-75(2)44-49-24-16-27-52-53-28-17-33-62(68(53)73-67(49)52)71(58-31-14-12-25-50(58)45-20-8-6-9-21-45)60-42-38-47-37-41-57-61(43-39-48-36-40-56(60)65(47)66(48)57)72(59-32-15-13-26-51(59)46-22-10-7-11-23-46)63-34-18-29-54-55-30-19-35-64(76(3,4)5)70(55)74-69(54)63/h6-43,75H,44H2,1-5H3. The Kier molecular flexibility index (Phi) is 10.9. The molecule has 6 heteroatoms. The molecule has 0 aliphatic heterocycles. The minimum absolute atomic E-state index is 0.880. The fourth-order valence-electron chi connectivity index (χ4n) is 12.2. The van der Waals surface area contributed by atoms with Crippen molar-refractivity contribution in [3.05, 3.63) is 236 Å². The summed E-state index contributed by atoms with van der Waals surface area (Å²) in [7, 11) is -2.73. The van der Waals surface area contributed by atoms with Crippen molar-refractivity contribution in [3.8, 4) is 22.3 Å². The van der Waals surface area contributed by atoms with E-state index >= 15 is 0 Å². The highest BCUT2D eigenvalue weighted by Crippen LogP contribution is 2.52. The van der Waals surface area contributed by atoms with Gasteiger partial charge in [0.1, 0.15) is 11.2 Å². The van der Waals surface area contributed by atoms with Gasteiger partial charge in [-0.2, -0.15) is 0 Å². The Balaban J connectivity index is 1.05. The third kappa shape index (κ3) is 7.38. The summed E-state index contributed by atoms with van der Waals surface area (Å²) in [5.74, 6) is 0. The topological polar surface area (TPSA) is 32.8 Å². The number of nitrogens with zero attached hydrogens (tertiary/aromatic N) is 2. The van der Waals surface area contributed by atoms with Crippen molar-refractivity contribution in [3.63, 3.8) is 0 Å². The van der Waals surface area contributed by atoms with Gasteiger partial charge >= 0.3 is 0 Å². The smallest absolute Gasteiger partial charge is 0.159 e. The first-order valence-electron chi connectivity index (χ1n) is 26.7. The van der Waals surface area contributed by atoms with Gasteiger partial charge in [0.25, 0.3) is 0 Å². The molecule has 0 spiro atoms. The molecule has 0 aliphatic rings. The largest absolute Gasteiger partial charge is 0.454 e. The molecule has 0 amide bonds. The molecule has 76 heavy (non-hydrogen) atoms. The van der Waals surface area contributed by atoms with Crippen LogP contribution in [0, 0.1) is 0 Å². The lowest BCUT2D eigenvalue weighted by molar-refractivity contribution is 0.665. The lowest BCUT2D eigenvalue weighted by Crippen LogP contribution is -2.37. The van der Waals surface area contributed by atoms with Crippen LogP contribution in [0.1, 0.15) is 5.56 Å². The molecule has 0 unspecified atom stereocenters. The molecule has 366 valence electrons. The summed E-state index contributed by atoms with van der Waals surface area (Å²) in [4.78, 5) is 4.94. The summed E-state index contributed by atoms with van der Waals surface area (Å²) in [6.07, 6.45) is 0. The van der Waals surface area contributed by atoms with Crippen LogP contribution >= 0.6 is 0 Å². The van der Waals surface area contributed by atoms with Crippen LogP contribution in [0.2, 0.25) is 32.7 Å². The summed E-state index contributed by atoms with van der Waals surface area (Å²) in [6.45, 7) is 12.0. The van der Waals surface area contributed by atoms with Gasteiger partial charge in [-0.3, -0.25) is 0 Å². The first-order valence-corrected chi connectivity index (χ1v) is 33.3. The minimum Gasteiger partial charge on any atom is -0.454 e. The van der Waals surface area contributed by atoms with Gasteiger partial charge in [-0.25, -0.2) is 0 Å². The van der Waals surface area contributed by atoms with Gasteiger partial charge in [0.2, 0.25) is 0 Å². The van der Waals surface area contributed by atoms with Crippen LogP contribution < -0.4 is 15.0 Å². The maximum atomic E-state index is 7.26. The van der Waals surface area contributed by atoms with Crippen LogP contribution in [-0.2, 0) is 6.04 Å². The van der Waals surface area contributed by atoms with Crippen molar-refractivity contribution in [2.75, 3.05) is 9.80 Å². The zero-order chi connectivity index (χ0) is 51.2. The van der Waals surface area contributed by atoms with E-state index in [2.05, 4.69) is 273 Å². The molecule has 0 N–H and O–H groups in total. The van der Waals surface area contributed by atoms with Crippen LogP contribution in [0.15, 0.2) is 239 Å². The zero-order valence-corrected chi connectivity index (χ0v) is 45.6. The average Bonchev–Trinajstić information content (AvgIpc) is 4.07. The molecule has 14 rings (SSSR count). The van der Waals surface area contributed by atoms with Crippen LogP contribution in [0.3, 0.4) is 0 Å². The number of hydrogen-bond acceptors (Lipinski definition) is 4. The van der Waals surface area contributed by atoms with Gasteiger partial charge < -0.3 is 18.6 Å². The average molecular weight is 1010 g/mol. The molecule has 4 nitrogen and oxygen atoms in total. The highest BCUT2D eigenvalue weighted by molar-refractivity contribution is 6.90. The third-order valence-corrected chi connectivity index (χ3v) is 18.8. The van der Waals surface area contributed by atoms with E-state index in [1.165, 1.54) is 32.3 Å². The van der Waals surface area contributed by atoms with Gasteiger partial charge in [0.05, 0.1) is 42.2 Å². The van der Waals surface area contributed by atoms with Crippen molar-refractivity contribution in [2.45, 2.75) is 38.8 Å². The summed E-state index contributed by atoms with van der Waals surface area (Å²) < 4.78 is 14.5. The van der Waals surface area contributed by atoms with E-state index in [-0.39, 0.29) is 0 Å². The fourth-order valence-corrected chi connectivity index (χ4v) is 14.9. The highest BCUT2D eigenvalue weighted by Gasteiger charge is 2.29. The van der Waals surface area contributed by atoms with Crippen molar-refractivity contribution >= 4 is 132 Å². The zero-order valence-electron chi connectivity index (χ0n) is 43.4. The Hall–Kier alpha value is -8.69. The summed E-state index contributed by atoms with van der Waals surface area (Å²) in [5.41, 5.74) is 15.9. The molecule has 0 saturated heterocycles. The van der Waals surface area contributed by atoms with Crippen LogP contribution in [-0.4, -0.2) is 16.9 Å².